The third-order valence-corrected chi connectivity index (χ3v) is 2.21. The summed E-state index contributed by atoms with van der Waals surface area (Å²) < 4.78 is 0. The Morgan fingerprint density at radius 3 is 2.86 bits per heavy atom. The van der Waals surface area contributed by atoms with Gasteiger partial charge in [-0.25, -0.2) is 0 Å². The molecule has 1 aliphatic heterocycles. The van der Waals surface area contributed by atoms with Crippen molar-refractivity contribution in [3.8, 4) is 5.75 Å². The Labute approximate surface area is 82.9 Å². The number of nitrogens with zero attached hydrogens (tertiary/aromatic N) is 2. The van der Waals surface area contributed by atoms with Gasteiger partial charge in [0, 0.05) is 13.6 Å². The highest BCUT2D eigenvalue weighted by molar-refractivity contribution is 5.95. The lowest BCUT2D eigenvalue weighted by Crippen LogP contribution is -2.29. The van der Waals surface area contributed by atoms with Crippen LogP contribution in [0.25, 0.3) is 0 Å². The molecule has 4 heteroatoms. The van der Waals surface area contributed by atoms with Crippen molar-refractivity contribution in [1.29, 1.82) is 0 Å². The Kier molecular flexibility index (Phi) is 2.26. The molecular weight excluding hydrogens is 178 g/mol. The van der Waals surface area contributed by atoms with E-state index in [1.165, 1.54) is 0 Å². The van der Waals surface area contributed by atoms with E-state index in [4.69, 9.17) is 0 Å². The zero-order valence-electron chi connectivity index (χ0n) is 8.07. The SMILES string of the molecule is CN1CCN=C1Nc1ccccc1O. The number of benzene rings is 1. The lowest BCUT2D eigenvalue weighted by molar-refractivity contribution is 0.477. The van der Waals surface area contributed by atoms with Crippen LogP contribution in [-0.2, 0) is 0 Å². The molecule has 0 bridgehead atoms. The van der Waals surface area contributed by atoms with E-state index in [2.05, 4.69) is 10.3 Å². The number of aliphatic imine (C=N–C) groups is 1. The van der Waals surface area contributed by atoms with E-state index in [9.17, 15) is 5.11 Å². The first-order valence-electron chi connectivity index (χ1n) is 4.58. The van der Waals surface area contributed by atoms with Gasteiger partial charge < -0.3 is 15.3 Å². The van der Waals surface area contributed by atoms with E-state index < -0.39 is 0 Å². The van der Waals surface area contributed by atoms with Crippen molar-refractivity contribution in [2.75, 3.05) is 25.5 Å². The normalized spacial score (nSPS) is 15.5. The van der Waals surface area contributed by atoms with Gasteiger partial charge in [-0.05, 0) is 12.1 Å². The monoisotopic (exact) mass is 191 g/mol. The van der Waals surface area contributed by atoms with Crippen molar-refractivity contribution in [3.05, 3.63) is 24.3 Å². The predicted octanol–water partition coefficient (Wildman–Crippen LogP) is 1.11. The molecule has 0 aliphatic carbocycles. The van der Waals surface area contributed by atoms with Crippen molar-refractivity contribution < 1.29 is 5.11 Å². The molecule has 0 aromatic heterocycles. The summed E-state index contributed by atoms with van der Waals surface area (Å²) in [7, 11) is 1.97. The molecule has 0 unspecified atom stereocenters. The summed E-state index contributed by atoms with van der Waals surface area (Å²) in [5.41, 5.74) is 0.694. The summed E-state index contributed by atoms with van der Waals surface area (Å²) in [6.45, 7) is 1.74. The van der Waals surface area contributed by atoms with Crippen LogP contribution in [0.4, 0.5) is 5.69 Å². The molecule has 74 valence electrons. The van der Waals surface area contributed by atoms with Crippen LogP contribution in [0.2, 0.25) is 0 Å². The maximum absolute atomic E-state index is 9.52. The second kappa shape index (κ2) is 3.57. The minimum Gasteiger partial charge on any atom is -0.506 e. The van der Waals surface area contributed by atoms with Gasteiger partial charge in [0.05, 0.1) is 12.2 Å². The van der Waals surface area contributed by atoms with Crippen LogP contribution in [0.1, 0.15) is 0 Å². The Bertz CT molecular complexity index is 362. The molecule has 0 atom stereocenters. The van der Waals surface area contributed by atoms with Crippen LogP contribution in [0.15, 0.2) is 29.3 Å². The molecule has 1 aromatic rings. The summed E-state index contributed by atoms with van der Waals surface area (Å²) in [5, 5.41) is 12.6. The predicted molar refractivity (Wildman–Crippen MR) is 56.7 cm³/mol. The first-order valence-corrected chi connectivity index (χ1v) is 4.58. The van der Waals surface area contributed by atoms with E-state index in [1.807, 2.05) is 24.1 Å². The molecule has 1 heterocycles. The number of rotatable bonds is 1. The second-order valence-electron chi connectivity index (χ2n) is 3.27. The van der Waals surface area contributed by atoms with Crippen LogP contribution in [-0.4, -0.2) is 36.1 Å². The molecule has 0 radical (unpaired) electrons. The Balaban J connectivity index is 2.15. The van der Waals surface area contributed by atoms with Gasteiger partial charge in [-0.1, -0.05) is 12.1 Å². The van der Waals surface area contributed by atoms with Crippen LogP contribution >= 0.6 is 0 Å². The average molecular weight is 191 g/mol. The smallest absolute Gasteiger partial charge is 0.198 e. The molecule has 1 aromatic carbocycles. The summed E-state index contributed by atoms with van der Waals surface area (Å²) in [6, 6.07) is 7.14. The van der Waals surface area contributed by atoms with E-state index >= 15 is 0 Å². The quantitative estimate of drug-likeness (QED) is 0.654. The van der Waals surface area contributed by atoms with Crippen LogP contribution in [0, 0.1) is 0 Å². The lowest BCUT2D eigenvalue weighted by atomic mass is 10.3. The van der Waals surface area contributed by atoms with Crippen LogP contribution < -0.4 is 5.32 Å². The first kappa shape index (κ1) is 8.87. The number of phenolic OH excluding ortho intramolecular Hbond substituents is 1. The van der Waals surface area contributed by atoms with Crippen molar-refractivity contribution in [2.45, 2.75) is 0 Å². The maximum Gasteiger partial charge on any atom is 0.198 e. The summed E-state index contributed by atoms with van der Waals surface area (Å²) in [4.78, 5) is 6.29. The van der Waals surface area contributed by atoms with Crippen molar-refractivity contribution in [3.63, 3.8) is 0 Å². The Hall–Kier alpha value is -1.71. The second-order valence-corrected chi connectivity index (χ2v) is 3.27. The number of para-hydroxylation sites is 2. The highest BCUT2D eigenvalue weighted by Gasteiger charge is 2.12. The highest BCUT2D eigenvalue weighted by Crippen LogP contribution is 2.22. The van der Waals surface area contributed by atoms with Crippen LogP contribution in [0.3, 0.4) is 0 Å². The first-order chi connectivity index (χ1) is 6.77. The van der Waals surface area contributed by atoms with Crippen LogP contribution in [0.5, 0.6) is 5.75 Å². The number of anilines is 1. The minimum absolute atomic E-state index is 0.246. The zero-order chi connectivity index (χ0) is 9.97. The molecule has 0 spiro atoms. The molecule has 2 rings (SSSR count). The molecule has 14 heavy (non-hydrogen) atoms. The molecule has 2 N–H and O–H groups in total. The van der Waals surface area contributed by atoms with E-state index in [0.717, 1.165) is 19.0 Å². The van der Waals surface area contributed by atoms with Crippen molar-refractivity contribution >= 4 is 11.6 Å². The van der Waals surface area contributed by atoms with Crippen molar-refractivity contribution in [2.24, 2.45) is 4.99 Å². The molecule has 0 fully saturated rings. The number of phenols is 1. The Morgan fingerprint density at radius 1 is 1.43 bits per heavy atom. The summed E-state index contributed by atoms with van der Waals surface area (Å²) >= 11 is 0. The average Bonchev–Trinajstić information content (AvgIpc) is 2.56. The standard InChI is InChI=1S/C10H13N3O/c1-13-7-6-11-10(13)12-8-4-2-3-5-9(8)14/h2-5,14H,6-7H2,1H3,(H,11,12). The maximum atomic E-state index is 9.52. The topological polar surface area (TPSA) is 47.9 Å². The van der Waals surface area contributed by atoms with Gasteiger partial charge in [-0.2, -0.15) is 0 Å². The lowest BCUT2D eigenvalue weighted by Gasteiger charge is -2.15. The highest BCUT2D eigenvalue weighted by atomic mass is 16.3. The van der Waals surface area contributed by atoms with Gasteiger partial charge in [0.1, 0.15) is 5.75 Å². The fourth-order valence-electron chi connectivity index (χ4n) is 1.37. The third kappa shape index (κ3) is 1.64. The number of likely N-dealkylation sites (N-methyl/N-ethyl adjacent to an activating group) is 1. The largest absolute Gasteiger partial charge is 0.506 e. The minimum atomic E-state index is 0.246. The van der Waals surface area contributed by atoms with Gasteiger partial charge >= 0.3 is 0 Å². The van der Waals surface area contributed by atoms with E-state index in [0.29, 0.717) is 5.69 Å². The fourth-order valence-corrected chi connectivity index (χ4v) is 1.37. The van der Waals surface area contributed by atoms with Crippen molar-refractivity contribution in [1.82, 2.24) is 4.90 Å². The number of guanidine groups is 1. The number of aromatic hydroxyl groups is 1. The van der Waals surface area contributed by atoms with Gasteiger partial charge in [-0.3, -0.25) is 4.99 Å². The molecule has 0 saturated heterocycles. The molecule has 0 saturated carbocycles. The summed E-state index contributed by atoms with van der Waals surface area (Å²) in [6.07, 6.45) is 0. The van der Waals surface area contributed by atoms with Gasteiger partial charge in [0.2, 0.25) is 0 Å². The molecule has 4 nitrogen and oxygen atoms in total. The summed E-state index contributed by atoms with van der Waals surface area (Å²) in [5.74, 6) is 1.06. The fraction of sp³-hybridized carbons (Fsp3) is 0.300. The third-order valence-electron chi connectivity index (χ3n) is 2.21. The van der Waals surface area contributed by atoms with E-state index in [-0.39, 0.29) is 5.75 Å². The van der Waals surface area contributed by atoms with Gasteiger partial charge in [-0.15, -0.1) is 0 Å². The van der Waals surface area contributed by atoms with E-state index in [1.54, 1.807) is 12.1 Å². The molecule has 0 amide bonds. The van der Waals surface area contributed by atoms with Gasteiger partial charge in [0.15, 0.2) is 5.96 Å². The molecular formula is C10H13N3O. The number of nitrogens with one attached hydrogen (secondary N) is 1. The zero-order valence-corrected chi connectivity index (χ0v) is 8.07. The Morgan fingerprint density at radius 2 is 2.21 bits per heavy atom. The molecule has 1 aliphatic rings. The number of hydrogen-bond acceptors (Lipinski definition) is 4. The number of hydrogen-bond donors (Lipinski definition) is 2. The van der Waals surface area contributed by atoms with Gasteiger partial charge in [0.25, 0.3) is 0 Å².